The van der Waals surface area contributed by atoms with Crippen molar-refractivity contribution in [1.29, 1.82) is 0 Å². The summed E-state index contributed by atoms with van der Waals surface area (Å²) in [6.45, 7) is 0.939. The fourth-order valence-electron chi connectivity index (χ4n) is 2.74. The molecule has 0 radical (unpaired) electrons. The Balaban J connectivity index is 1.84. The number of carbonyl (C=O) groups excluding carboxylic acids is 1. The van der Waals surface area contributed by atoms with Crippen molar-refractivity contribution in [2.24, 2.45) is 0 Å². The number of para-hydroxylation sites is 1. The van der Waals surface area contributed by atoms with Gasteiger partial charge < -0.3 is 20.3 Å². The topological polar surface area (TPSA) is 53.6 Å². The van der Waals surface area contributed by atoms with Crippen molar-refractivity contribution >= 4 is 6.03 Å². The molecule has 0 bridgehead atoms. The second-order valence-corrected chi connectivity index (χ2v) is 6.23. The SMILES string of the molecule is COc1ccccc1C(CNC(=O)NCCc1ccc(F)cc1)N(C)C. The summed E-state index contributed by atoms with van der Waals surface area (Å²) < 4.78 is 18.3. The maximum Gasteiger partial charge on any atom is 0.314 e. The van der Waals surface area contributed by atoms with Crippen LogP contribution in [0.25, 0.3) is 0 Å². The van der Waals surface area contributed by atoms with Crippen molar-refractivity contribution in [3.63, 3.8) is 0 Å². The van der Waals surface area contributed by atoms with Crippen molar-refractivity contribution in [3.8, 4) is 5.75 Å². The monoisotopic (exact) mass is 359 g/mol. The fourth-order valence-corrected chi connectivity index (χ4v) is 2.74. The Hall–Kier alpha value is -2.60. The van der Waals surface area contributed by atoms with Crippen molar-refractivity contribution in [1.82, 2.24) is 15.5 Å². The molecule has 5 nitrogen and oxygen atoms in total. The van der Waals surface area contributed by atoms with Crippen molar-refractivity contribution in [2.75, 3.05) is 34.3 Å². The van der Waals surface area contributed by atoms with Crippen molar-refractivity contribution < 1.29 is 13.9 Å². The van der Waals surface area contributed by atoms with Gasteiger partial charge in [0.2, 0.25) is 0 Å². The Morgan fingerprint density at radius 3 is 2.46 bits per heavy atom. The van der Waals surface area contributed by atoms with Crippen LogP contribution < -0.4 is 15.4 Å². The molecule has 0 fully saturated rings. The van der Waals surface area contributed by atoms with E-state index in [1.54, 1.807) is 19.2 Å². The number of halogens is 1. The maximum atomic E-state index is 12.9. The molecule has 0 aliphatic rings. The van der Waals surface area contributed by atoms with Gasteiger partial charge in [-0.05, 0) is 44.3 Å². The van der Waals surface area contributed by atoms with Gasteiger partial charge in [0, 0.05) is 18.7 Å². The van der Waals surface area contributed by atoms with E-state index in [0.29, 0.717) is 19.5 Å². The van der Waals surface area contributed by atoms with Crippen LogP contribution in [-0.2, 0) is 6.42 Å². The Labute approximate surface area is 154 Å². The van der Waals surface area contributed by atoms with Crippen LogP contribution in [0.2, 0.25) is 0 Å². The lowest BCUT2D eigenvalue weighted by Gasteiger charge is -2.26. The summed E-state index contributed by atoms with van der Waals surface area (Å²) in [6.07, 6.45) is 0.650. The number of benzene rings is 2. The molecule has 2 amide bonds. The third-order valence-electron chi connectivity index (χ3n) is 4.19. The quantitative estimate of drug-likeness (QED) is 0.762. The van der Waals surface area contributed by atoms with E-state index in [2.05, 4.69) is 10.6 Å². The third-order valence-corrected chi connectivity index (χ3v) is 4.19. The molecule has 0 aromatic heterocycles. The maximum absolute atomic E-state index is 12.9. The first kappa shape index (κ1) is 19.7. The minimum Gasteiger partial charge on any atom is -0.496 e. The highest BCUT2D eigenvalue weighted by Gasteiger charge is 2.18. The van der Waals surface area contributed by atoms with Crippen molar-refractivity contribution in [3.05, 3.63) is 65.5 Å². The molecule has 1 atom stereocenters. The lowest BCUT2D eigenvalue weighted by atomic mass is 10.0. The molecule has 140 valence electrons. The number of methoxy groups -OCH3 is 1. The van der Waals surface area contributed by atoms with E-state index in [0.717, 1.165) is 16.9 Å². The number of rotatable bonds is 8. The number of ether oxygens (including phenoxy) is 1. The van der Waals surface area contributed by atoms with E-state index in [4.69, 9.17) is 4.74 Å². The lowest BCUT2D eigenvalue weighted by molar-refractivity contribution is 0.232. The summed E-state index contributed by atoms with van der Waals surface area (Å²) in [5.74, 6) is 0.537. The number of hydrogen-bond acceptors (Lipinski definition) is 3. The molecule has 0 spiro atoms. The standard InChI is InChI=1S/C20H26FN3O2/c1-24(2)18(17-6-4-5-7-19(17)26-3)14-23-20(25)22-13-12-15-8-10-16(21)11-9-15/h4-11,18H,12-14H2,1-3H3,(H2,22,23,25). The number of amides is 2. The summed E-state index contributed by atoms with van der Waals surface area (Å²) in [6, 6.07) is 13.8. The van der Waals surface area contributed by atoms with E-state index < -0.39 is 0 Å². The Morgan fingerprint density at radius 2 is 1.81 bits per heavy atom. The zero-order chi connectivity index (χ0) is 18.9. The van der Waals surface area contributed by atoms with E-state index in [1.165, 1.54) is 12.1 Å². The summed E-state index contributed by atoms with van der Waals surface area (Å²) in [7, 11) is 5.57. The number of hydrogen-bond donors (Lipinski definition) is 2. The van der Waals surface area contributed by atoms with Crippen LogP contribution in [-0.4, -0.2) is 45.2 Å². The van der Waals surface area contributed by atoms with Gasteiger partial charge in [-0.1, -0.05) is 30.3 Å². The highest BCUT2D eigenvalue weighted by atomic mass is 19.1. The number of carbonyl (C=O) groups is 1. The summed E-state index contributed by atoms with van der Waals surface area (Å²) in [5.41, 5.74) is 2.00. The minimum absolute atomic E-state index is 0.00556. The molecular weight excluding hydrogens is 333 g/mol. The molecule has 2 aromatic carbocycles. The first-order chi connectivity index (χ1) is 12.5. The number of nitrogens with zero attached hydrogens (tertiary/aromatic N) is 1. The minimum atomic E-state index is -0.259. The van der Waals surface area contributed by atoms with Gasteiger partial charge in [-0.2, -0.15) is 0 Å². The van der Waals surface area contributed by atoms with Gasteiger partial charge in [-0.3, -0.25) is 0 Å². The predicted molar refractivity (Wildman–Crippen MR) is 101 cm³/mol. The second-order valence-electron chi connectivity index (χ2n) is 6.23. The molecule has 0 saturated heterocycles. The highest BCUT2D eigenvalue weighted by molar-refractivity contribution is 5.73. The molecule has 0 saturated carbocycles. The zero-order valence-electron chi connectivity index (χ0n) is 15.5. The van der Waals surface area contributed by atoms with Gasteiger partial charge in [-0.15, -0.1) is 0 Å². The van der Waals surface area contributed by atoms with Crippen LogP contribution in [0.5, 0.6) is 5.75 Å². The van der Waals surface area contributed by atoms with Gasteiger partial charge in [0.1, 0.15) is 11.6 Å². The second kappa shape index (κ2) is 9.77. The number of likely N-dealkylation sites (N-methyl/N-ethyl adjacent to an activating group) is 1. The fraction of sp³-hybridized carbons (Fsp3) is 0.350. The van der Waals surface area contributed by atoms with Gasteiger partial charge in [0.15, 0.2) is 0 Å². The van der Waals surface area contributed by atoms with Gasteiger partial charge in [-0.25, -0.2) is 9.18 Å². The van der Waals surface area contributed by atoms with Crippen LogP contribution in [0.4, 0.5) is 9.18 Å². The van der Waals surface area contributed by atoms with Crippen LogP contribution in [0.3, 0.4) is 0 Å². The third kappa shape index (κ3) is 5.74. The van der Waals surface area contributed by atoms with Gasteiger partial charge in [0.05, 0.1) is 13.2 Å². The summed E-state index contributed by atoms with van der Waals surface area (Å²) >= 11 is 0. The average Bonchev–Trinajstić information content (AvgIpc) is 2.63. The van der Waals surface area contributed by atoms with Crippen LogP contribution in [0.15, 0.2) is 48.5 Å². The van der Waals surface area contributed by atoms with Gasteiger partial charge >= 0.3 is 6.03 Å². The largest absolute Gasteiger partial charge is 0.496 e. The molecular formula is C20H26FN3O2. The normalized spacial score (nSPS) is 11.9. The lowest BCUT2D eigenvalue weighted by Crippen LogP contribution is -2.41. The summed E-state index contributed by atoms with van der Waals surface area (Å²) in [4.78, 5) is 14.1. The first-order valence-corrected chi connectivity index (χ1v) is 8.56. The molecule has 0 heterocycles. The Kier molecular flexibility index (Phi) is 7.41. The predicted octanol–water partition coefficient (Wildman–Crippen LogP) is 2.98. The molecule has 1 unspecified atom stereocenters. The molecule has 2 aromatic rings. The van der Waals surface area contributed by atoms with E-state index in [-0.39, 0.29) is 17.9 Å². The molecule has 0 aliphatic carbocycles. The van der Waals surface area contributed by atoms with Crippen LogP contribution in [0.1, 0.15) is 17.2 Å². The Morgan fingerprint density at radius 1 is 1.12 bits per heavy atom. The smallest absolute Gasteiger partial charge is 0.314 e. The molecule has 6 heteroatoms. The van der Waals surface area contributed by atoms with E-state index in [9.17, 15) is 9.18 Å². The van der Waals surface area contributed by atoms with E-state index in [1.807, 2.05) is 43.3 Å². The zero-order valence-corrected chi connectivity index (χ0v) is 15.5. The van der Waals surface area contributed by atoms with Gasteiger partial charge in [0.25, 0.3) is 0 Å². The molecule has 2 N–H and O–H groups in total. The Bertz CT molecular complexity index is 704. The first-order valence-electron chi connectivity index (χ1n) is 8.56. The molecule has 26 heavy (non-hydrogen) atoms. The van der Waals surface area contributed by atoms with Crippen LogP contribution >= 0.6 is 0 Å². The van der Waals surface area contributed by atoms with E-state index >= 15 is 0 Å². The molecule has 0 aliphatic heterocycles. The highest BCUT2D eigenvalue weighted by Crippen LogP contribution is 2.27. The number of nitrogens with one attached hydrogen (secondary N) is 2. The average molecular weight is 359 g/mol. The summed E-state index contributed by atoms with van der Waals surface area (Å²) in [5, 5.41) is 5.73. The van der Waals surface area contributed by atoms with Crippen LogP contribution in [0, 0.1) is 5.82 Å². The molecule has 2 rings (SSSR count). The number of urea groups is 1. The van der Waals surface area contributed by atoms with Crippen molar-refractivity contribution in [2.45, 2.75) is 12.5 Å².